The number of nitrogens with zero attached hydrogens (tertiary/aromatic N) is 2. The first-order valence-corrected chi connectivity index (χ1v) is 13.1. The molecule has 7 rings (SSSR count). The Morgan fingerprint density at radius 1 is 1.32 bits per heavy atom. The number of amides is 1. The zero-order valence-corrected chi connectivity index (χ0v) is 21.0. The number of halogens is 2. The van der Waals surface area contributed by atoms with Crippen molar-refractivity contribution < 1.29 is 19.0 Å². The van der Waals surface area contributed by atoms with E-state index < -0.39 is 36.0 Å². The van der Waals surface area contributed by atoms with Crippen LogP contribution in [0.2, 0.25) is 5.02 Å². The summed E-state index contributed by atoms with van der Waals surface area (Å²) in [5, 5.41) is 20.0. The molecule has 3 N–H and O–H groups in total. The van der Waals surface area contributed by atoms with Crippen LogP contribution in [0.5, 0.6) is 0 Å². The topological polar surface area (TPSA) is 122 Å². The van der Waals surface area contributed by atoms with Crippen LogP contribution in [0.4, 0.5) is 10.1 Å². The number of pyridine rings is 1. The minimum absolute atomic E-state index is 0.00771. The van der Waals surface area contributed by atoms with Gasteiger partial charge in [-0.25, -0.2) is 4.39 Å². The van der Waals surface area contributed by atoms with Gasteiger partial charge in [0.25, 0.3) is 5.56 Å². The molecule has 11 heteroatoms. The number of anilines is 1. The summed E-state index contributed by atoms with van der Waals surface area (Å²) in [7, 11) is 0. The van der Waals surface area contributed by atoms with Gasteiger partial charge in [0.05, 0.1) is 29.2 Å². The Morgan fingerprint density at radius 3 is 2.84 bits per heavy atom. The van der Waals surface area contributed by atoms with E-state index in [4.69, 9.17) is 16.3 Å². The van der Waals surface area contributed by atoms with Gasteiger partial charge in [0.15, 0.2) is 6.04 Å². The molecule has 0 bridgehead atoms. The summed E-state index contributed by atoms with van der Waals surface area (Å²) in [5.74, 6) is -0.833. The van der Waals surface area contributed by atoms with Crippen LogP contribution in [-0.2, 0) is 29.1 Å². The van der Waals surface area contributed by atoms with Gasteiger partial charge in [-0.05, 0) is 60.4 Å². The second-order valence-electron chi connectivity index (χ2n) is 10.6. The number of nitrogens with one attached hydrogen (secondary N) is 2. The second kappa shape index (κ2) is 8.25. The molecule has 4 atom stereocenters. The van der Waals surface area contributed by atoms with Crippen molar-refractivity contribution in [2.24, 2.45) is 11.1 Å². The van der Waals surface area contributed by atoms with E-state index in [0.29, 0.717) is 40.9 Å². The van der Waals surface area contributed by atoms with Gasteiger partial charge in [-0.2, -0.15) is 0 Å². The highest BCUT2D eigenvalue weighted by Gasteiger charge is 2.44. The highest BCUT2D eigenvalue weighted by molar-refractivity contribution is 6.32. The number of fused-ring (bicyclic) bond motifs is 4. The number of aromatic nitrogens is 1. The van der Waals surface area contributed by atoms with Gasteiger partial charge in [-0.15, -0.1) is 4.91 Å². The fraction of sp³-hybridized carbons (Fsp3) is 0.407. The Bertz CT molecular complexity index is 1560. The summed E-state index contributed by atoms with van der Waals surface area (Å²) in [6.07, 6.45) is 1.47. The Hall–Kier alpha value is -3.50. The number of hydrogen-bond acceptors (Lipinski definition) is 7. The fourth-order valence-corrected chi connectivity index (χ4v) is 6.65. The number of nitroso groups, excluding NO2 is 1. The van der Waals surface area contributed by atoms with Crippen LogP contribution in [0, 0.1) is 16.6 Å². The Balaban J connectivity index is 1.40. The van der Waals surface area contributed by atoms with E-state index in [1.165, 1.54) is 6.07 Å². The minimum Gasteiger partial charge on any atom is -0.491 e. The lowest BCUT2D eigenvalue weighted by Crippen LogP contribution is -2.45. The van der Waals surface area contributed by atoms with Crippen LogP contribution in [0.15, 0.2) is 40.0 Å². The lowest BCUT2D eigenvalue weighted by molar-refractivity contribution is -0.130. The minimum atomic E-state index is -1.08. The number of carbonyl (C=O) groups is 1. The van der Waals surface area contributed by atoms with E-state index >= 15 is 0 Å². The molecule has 2 aromatic rings. The number of aliphatic hydroxyl groups excluding tert-OH is 1. The predicted octanol–water partition coefficient (Wildman–Crippen LogP) is 3.63. The first-order valence-electron chi connectivity index (χ1n) is 12.7. The van der Waals surface area contributed by atoms with Gasteiger partial charge in [-0.1, -0.05) is 23.4 Å². The molecule has 2 aliphatic carbocycles. The molecule has 0 radical (unpaired) electrons. The predicted molar refractivity (Wildman–Crippen MR) is 137 cm³/mol. The highest BCUT2D eigenvalue weighted by atomic mass is 35.5. The monoisotopic (exact) mass is 538 g/mol. The quantitative estimate of drug-likeness (QED) is 0.511. The van der Waals surface area contributed by atoms with Gasteiger partial charge < -0.3 is 25.0 Å². The van der Waals surface area contributed by atoms with Gasteiger partial charge in [-0.3, -0.25) is 9.59 Å². The lowest BCUT2D eigenvalue weighted by Gasteiger charge is -2.38. The van der Waals surface area contributed by atoms with Crippen molar-refractivity contribution in [1.29, 1.82) is 0 Å². The Morgan fingerprint density at radius 2 is 2.11 bits per heavy atom. The van der Waals surface area contributed by atoms with E-state index in [-0.39, 0.29) is 35.4 Å². The van der Waals surface area contributed by atoms with Gasteiger partial charge in [0.1, 0.15) is 24.3 Å². The molecule has 0 spiro atoms. The largest absolute Gasteiger partial charge is 0.491 e. The molecule has 0 saturated heterocycles. The first kappa shape index (κ1) is 23.6. The molecule has 1 aromatic carbocycles. The summed E-state index contributed by atoms with van der Waals surface area (Å²) < 4.78 is 21.9. The van der Waals surface area contributed by atoms with E-state index in [1.807, 2.05) is 0 Å². The SMILES string of the molecule is C=C1OCc2c(cc3n(c2=O)CC2=C4c5c(cc(F)c(Cl)c5CCC4NC(=O)C(O)C4CC4)NC23)[C@@H]1N=O. The third-order valence-electron chi connectivity index (χ3n) is 8.46. The standard InChI is InChI=1S/C27H24ClFN4O5/c1-10-23(32-37)13-6-19-24-14(8-33(19)27(36)15(13)9-38-10)21-17(31-26(35)25(34)11-2-3-11)5-4-12-20(21)18(30-24)7-16(29)22(12)28/h6-7,11,17,23-25,30,34H,1-5,8-9H2,(H,31,35)/t17?,23-,24?,25?/m1/s1. The molecular weight excluding hydrogens is 515 g/mol. The molecule has 38 heavy (non-hydrogen) atoms. The zero-order valence-electron chi connectivity index (χ0n) is 20.2. The van der Waals surface area contributed by atoms with E-state index in [0.717, 1.165) is 29.6 Å². The summed E-state index contributed by atoms with van der Waals surface area (Å²) in [5.41, 5.74) is 4.66. The Kier molecular flexibility index (Phi) is 5.12. The third kappa shape index (κ3) is 3.26. The summed E-state index contributed by atoms with van der Waals surface area (Å²) in [6.45, 7) is 3.99. The Labute approximate surface area is 221 Å². The molecule has 3 aliphatic heterocycles. The summed E-state index contributed by atoms with van der Waals surface area (Å²) in [6, 6.07) is 1.16. The van der Waals surface area contributed by atoms with Gasteiger partial charge in [0, 0.05) is 22.5 Å². The maximum absolute atomic E-state index is 14.9. The molecule has 1 fully saturated rings. The number of rotatable bonds is 4. The molecule has 9 nitrogen and oxygen atoms in total. The average Bonchev–Trinajstić information content (AvgIpc) is 3.69. The van der Waals surface area contributed by atoms with Crippen molar-refractivity contribution in [3.8, 4) is 0 Å². The lowest BCUT2D eigenvalue weighted by atomic mass is 9.76. The molecule has 1 aromatic heterocycles. The number of carbonyl (C=O) groups excluding carboxylic acids is 1. The van der Waals surface area contributed by atoms with Crippen molar-refractivity contribution in [1.82, 2.24) is 9.88 Å². The first-order chi connectivity index (χ1) is 18.3. The molecule has 1 amide bonds. The number of ether oxygens (including phenoxy) is 1. The van der Waals surface area contributed by atoms with Crippen molar-refractivity contribution in [2.45, 2.75) is 63.1 Å². The molecule has 4 heterocycles. The summed E-state index contributed by atoms with van der Waals surface area (Å²) in [4.78, 5) is 38.1. The maximum Gasteiger partial charge on any atom is 0.258 e. The summed E-state index contributed by atoms with van der Waals surface area (Å²) >= 11 is 6.40. The molecular formula is C27H24ClFN4O5. The second-order valence-corrected chi connectivity index (χ2v) is 11.0. The van der Waals surface area contributed by atoms with Gasteiger partial charge in [0.2, 0.25) is 5.91 Å². The zero-order chi connectivity index (χ0) is 26.5. The molecule has 1 saturated carbocycles. The number of aliphatic hydroxyl groups is 1. The number of hydrogen-bond donors (Lipinski definition) is 3. The molecule has 3 unspecified atom stereocenters. The smallest absolute Gasteiger partial charge is 0.258 e. The van der Waals surface area contributed by atoms with Crippen LogP contribution in [0.1, 0.15) is 59.3 Å². The van der Waals surface area contributed by atoms with Crippen LogP contribution < -0.4 is 16.2 Å². The van der Waals surface area contributed by atoms with Crippen LogP contribution in [0.3, 0.4) is 0 Å². The van der Waals surface area contributed by atoms with E-state index in [9.17, 15) is 24.0 Å². The van der Waals surface area contributed by atoms with Crippen LogP contribution in [-0.4, -0.2) is 27.7 Å². The molecule has 196 valence electrons. The van der Waals surface area contributed by atoms with Crippen molar-refractivity contribution in [2.75, 3.05) is 5.32 Å². The third-order valence-corrected chi connectivity index (χ3v) is 8.87. The number of benzene rings is 1. The normalized spacial score (nSPS) is 25.3. The van der Waals surface area contributed by atoms with E-state index in [2.05, 4.69) is 22.4 Å². The highest BCUT2D eigenvalue weighted by Crippen LogP contribution is 2.51. The van der Waals surface area contributed by atoms with E-state index in [1.54, 1.807) is 10.6 Å². The maximum atomic E-state index is 14.9. The fourth-order valence-electron chi connectivity index (χ4n) is 6.40. The van der Waals surface area contributed by atoms with Crippen molar-refractivity contribution in [3.63, 3.8) is 0 Å². The van der Waals surface area contributed by atoms with Crippen molar-refractivity contribution in [3.05, 3.63) is 84.1 Å². The van der Waals surface area contributed by atoms with Crippen molar-refractivity contribution >= 4 is 28.8 Å². The average molecular weight is 539 g/mol. The van der Waals surface area contributed by atoms with Crippen LogP contribution >= 0.6 is 11.6 Å². The molecule has 5 aliphatic rings. The van der Waals surface area contributed by atoms with Gasteiger partial charge >= 0.3 is 0 Å². The van der Waals surface area contributed by atoms with Crippen LogP contribution in [0.25, 0.3) is 5.57 Å².